The van der Waals surface area contributed by atoms with Crippen LogP contribution < -0.4 is 11.2 Å². The third-order valence-electron chi connectivity index (χ3n) is 5.00. The van der Waals surface area contributed by atoms with Crippen LogP contribution >= 0.6 is 0 Å². The molecule has 0 spiro atoms. The number of amides is 1. The van der Waals surface area contributed by atoms with E-state index in [4.69, 9.17) is 5.73 Å². The van der Waals surface area contributed by atoms with Crippen LogP contribution in [-0.2, 0) is 19.8 Å². The van der Waals surface area contributed by atoms with Crippen molar-refractivity contribution in [2.24, 2.45) is 0 Å². The molecule has 1 unspecified atom stereocenters. The van der Waals surface area contributed by atoms with Gasteiger partial charge in [-0.2, -0.15) is 41.6 Å². The standard InChI is InChI=1S/C19H15F6N7O4/c1-9-2-3-10(4-11(9)12-5-28-13(26)14(30-12)32-8-27-7-29-32)17(6-33,19(23,24)25)15(34)31-36-16(35)18(20,21)22/h2-5,7-8,33H,6H2,1H3,(H2,26,28)(H,31,34). The lowest BCUT2D eigenvalue weighted by atomic mass is 9.78. The maximum absolute atomic E-state index is 14.2. The number of hydrogen-bond donors (Lipinski definition) is 3. The number of aryl methyl sites for hydroxylation is 1. The number of nitrogens with one attached hydrogen (secondary N) is 1. The summed E-state index contributed by atoms with van der Waals surface area (Å²) in [5.41, 5.74) is 2.25. The molecule has 2 heterocycles. The zero-order valence-corrected chi connectivity index (χ0v) is 17.9. The molecule has 36 heavy (non-hydrogen) atoms. The summed E-state index contributed by atoms with van der Waals surface area (Å²) in [6.07, 6.45) is -7.62. The fourth-order valence-electron chi connectivity index (χ4n) is 3.08. The van der Waals surface area contributed by atoms with Crippen LogP contribution in [0.3, 0.4) is 0 Å². The molecule has 3 rings (SSSR count). The number of aliphatic hydroxyl groups is 1. The van der Waals surface area contributed by atoms with Crippen LogP contribution in [0.2, 0.25) is 0 Å². The van der Waals surface area contributed by atoms with Gasteiger partial charge in [0.1, 0.15) is 12.7 Å². The maximum atomic E-state index is 14.2. The summed E-state index contributed by atoms with van der Waals surface area (Å²) in [4.78, 5) is 38.7. The number of aromatic nitrogens is 5. The molecule has 0 aliphatic rings. The van der Waals surface area contributed by atoms with E-state index in [1.165, 1.54) is 19.6 Å². The van der Waals surface area contributed by atoms with Crippen LogP contribution in [0.5, 0.6) is 0 Å². The van der Waals surface area contributed by atoms with E-state index in [9.17, 15) is 41.0 Å². The minimum atomic E-state index is -5.60. The Kier molecular flexibility index (Phi) is 6.88. The van der Waals surface area contributed by atoms with Gasteiger partial charge in [0.2, 0.25) is 0 Å². The van der Waals surface area contributed by atoms with Crippen molar-refractivity contribution >= 4 is 17.7 Å². The summed E-state index contributed by atoms with van der Waals surface area (Å²) < 4.78 is 80.7. The fraction of sp³-hybridized carbons (Fsp3) is 0.263. The molecule has 1 amide bonds. The Labute approximate surface area is 196 Å². The number of nitrogen functional groups attached to an aromatic ring is 1. The van der Waals surface area contributed by atoms with Gasteiger partial charge in [-0.1, -0.05) is 12.1 Å². The zero-order chi connectivity index (χ0) is 26.9. The highest BCUT2D eigenvalue weighted by Gasteiger charge is 2.62. The number of nitrogens with zero attached hydrogens (tertiary/aromatic N) is 5. The van der Waals surface area contributed by atoms with Crippen molar-refractivity contribution in [3.63, 3.8) is 0 Å². The Morgan fingerprint density at radius 3 is 2.44 bits per heavy atom. The van der Waals surface area contributed by atoms with E-state index in [0.717, 1.165) is 34.6 Å². The molecule has 0 bridgehead atoms. The smallest absolute Gasteiger partial charge is 0.395 e. The Morgan fingerprint density at radius 1 is 1.19 bits per heavy atom. The molecule has 3 aromatic rings. The minimum absolute atomic E-state index is 0.00327. The molecule has 17 heteroatoms. The third-order valence-corrected chi connectivity index (χ3v) is 5.00. The van der Waals surface area contributed by atoms with Crippen LogP contribution in [0, 0.1) is 6.92 Å². The molecule has 0 fully saturated rings. The van der Waals surface area contributed by atoms with Gasteiger partial charge < -0.3 is 15.7 Å². The van der Waals surface area contributed by atoms with E-state index in [2.05, 4.69) is 24.9 Å². The largest absolute Gasteiger partial charge is 0.493 e. The number of hydrogen-bond acceptors (Lipinski definition) is 9. The number of carbonyl (C=O) groups is 2. The molecule has 0 saturated carbocycles. The molecule has 2 aromatic heterocycles. The first-order valence-corrected chi connectivity index (χ1v) is 9.57. The summed E-state index contributed by atoms with van der Waals surface area (Å²) in [5.74, 6) is -5.34. The Morgan fingerprint density at radius 2 is 1.89 bits per heavy atom. The molecule has 4 N–H and O–H groups in total. The van der Waals surface area contributed by atoms with Gasteiger partial charge in [-0.3, -0.25) is 4.79 Å². The summed E-state index contributed by atoms with van der Waals surface area (Å²) >= 11 is 0. The fourth-order valence-corrected chi connectivity index (χ4v) is 3.08. The van der Waals surface area contributed by atoms with E-state index in [0.29, 0.717) is 5.56 Å². The predicted octanol–water partition coefficient (Wildman–Crippen LogP) is 1.54. The first-order chi connectivity index (χ1) is 16.7. The first-order valence-electron chi connectivity index (χ1n) is 9.57. The molecule has 0 aliphatic carbocycles. The number of benzene rings is 1. The van der Waals surface area contributed by atoms with Gasteiger partial charge in [-0.25, -0.2) is 19.7 Å². The van der Waals surface area contributed by atoms with Crippen molar-refractivity contribution < 1.29 is 45.9 Å². The van der Waals surface area contributed by atoms with Gasteiger partial charge in [0.05, 0.1) is 18.5 Å². The SMILES string of the molecule is Cc1ccc(C(CO)(C(=O)NOC(=O)C(F)(F)F)C(F)(F)F)cc1-c1cnc(N)c(-n2cncn2)n1. The normalized spacial score (nSPS) is 13.7. The molecule has 11 nitrogen and oxygen atoms in total. The van der Waals surface area contributed by atoms with Crippen molar-refractivity contribution in [3.8, 4) is 17.1 Å². The lowest BCUT2D eigenvalue weighted by Gasteiger charge is -2.33. The van der Waals surface area contributed by atoms with Crippen LogP contribution in [0.1, 0.15) is 11.1 Å². The lowest BCUT2D eigenvalue weighted by molar-refractivity contribution is -0.220. The van der Waals surface area contributed by atoms with Crippen molar-refractivity contribution in [1.82, 2.24) is 30.2 Å². The Bertz CT molecular complexity index is 1280. The van der Waals surface area contributed by atoms with Crippen LogP contribution in [0.25, 0.3) is 17.1 Å². The molecule has 1 atom stereocenters. The highest BCUT2D eigenvalue weighted by Crippen LogP contribution is 2.43. The van der Waals surface area contributed by atoms with Gasteiger partial charge in [0.15, 0.2) is 17.1 Å². The zero-order valence-electron chi connectivity index (χ0n) is 17.9. The second-order valence-electron chi connectivity index (χ2n) is 7.21. The van der Waals surface area contributed by atoms with Gasteiger partial charge in [0.25, 0.3) is 5.91 Å². The number of aliphatic hydroxyl groups excluding tert-OH is 1. The molecular weight excluding hydrogens is 504 g/mol. The van der Waals surface area contributed by atoms with E-state index < -0.39 is 41.8 Å². The molecule has 0 aliphatic heterocycles. The predicted molar refractivity (Wildman–Crippen MR) is 107 cm³/mol. The number of halogens is 6. The number of anilines is 1. The number of alkyl halides is 6. The Balaban J connectivity index is 2.11. The average molecular weight is 519 g/mol. The van der Waals surface area contributed by atoms with Crippen molar-refractivity contribution in [3.05, 3.63) is 48.2 Å². The summed E-state index contributed by atoms with van der Waals surface area (Å²) in [6.45, 7) is -0.447. The van der Waals surface area contributed by atoms with Gasteiger partial charge in [-0.15, -0.1) is 0 Å². The van der Waals surface area contributed by atoms with Crippen LogP contribution in [0.4, 0.5) is 32.2 Å². The summed E-state index contributed by atoms with van der Waals surface area (Å²) in [7, 11) is 0. The average Bonchev–Trinajstić information content (AvgIpc) is 3.32. The molecular formula is C19H15F6N7O4. The summed E-state index contributed by atoms with van der Waals surface area (Å²) in [5, 5.41) is 13.5. The Hall–Kier alpha value is -4.28. The van der Waals surface area contributed by atoms with Gasteiger partial charge >= 0.3 is 18.3 Å². The van der Waals surface area contributed by atoms with E-state index in [-0.39, 0.29) is 22.9 Å². The number of rotatable bonds is 5. The van der Waals surface area contributed by atoms with Gasteiger partial charge in [-0.05, 0) is 24.1 Å². The third kappa shape index (κ3) is 4.77. The lowest BCUT2D eigenvalue weighted by Crippen LogP contribution is -2.57. The highest BCUT2D eigenvalue weighted by atomic mass is 19.4. The highest BCUT2D eigenvalue weighted by molar-refractivity contribution is 5.90. The number of nitrogens with two attached hydrogens (primary N) is 1. The van der Waals surface area contributed by atoms with E-state index >= 15 is 0 Å². The number of carbonyl (C=O) groups excluding carboxylic acids is 2. The van der Waals surface area contributed by atoms with Crippen molar-refractivity contribution in [1.29, 1.82) is 0 Å². The topological polar surface area (TPSA) is 158 Å². The molecule has 0 radical (unpaired) electrons. The molecule has 1 aromatic carbocycles. The maximum Gasteiger partial charge on any atom is 0.493 e. The van der Waals surface area contributed by atoms with Crippen molar-refractivity contribution in [2.45, 2.75) is 24.7 Å². The number of hydroxylamine groups is 1. The van der Waals surface area contributed by atoms with E-state index in [1.54, 1.807) is 0 Å². The van der Waals surface area contributed by atoms with Crippen LogP contribution in [-0.4, -0.2) is 60.7 Å². The van der Waals surface area contributed by atoms with Crippen molar-refractivity contribution in [2.75, 3.05) is 12.3 Å². The monoisotopic (exact) mass is 519 g/mol. The second-order valence-corrected chi connectivity index (χ2v) is 7.21. The molecule has 0 saturated heterocycles. The summed E-state index contributed by atoms with van der Waals surface area (Å²) in [6, 6.07) is 2.83. The molecule has 192 valence electrons. The van der Waals surface area contributed by atoms with Gasteiger partial charge in [0, 0.05) is 5.56 Å². The van der Waals surface area contributed by atoms with Crippen LogP contribution in [0.15, 0.2) is 37.1 Å². The first kappa shape index (κ1) is 26.3. The quantitative estimate of drug-likeness (QED) is 0.336. The minimum Gasteiger partial charge on any atom is -0.395 e. The van der Waals surface area contributed by atoms with E-state index in [1.807, 2.05) is 0 Å². The second kappa shape index (κ2) is 9.40.